The second-order valence-electron chi connectivity index (χ2n) is 6.42. The number of benzene rings is 2. The smallest absolute Gasteiger partial charge is 0.243 e. The van der Waals surface area contributed by atoms with Crippen molar-refractivity contribution in [1.82, 2.24) is 9.73 Å². The lowest BCUT2D eigenvalue weighted by atomic mass is 9.98. The van der Waals surface area contributed by atoms with E-state index in [2.05, 4.69) is 26.5 Å². The monoisotopic (exact) mass is 467 g/mol. The lowest BCUT2D eigenvalue weighted by molar-refractivity contribution is -0.126. The van der Waals surface area contributed by atoms with Crippen LogP contribution in [-0.4, -0.2) is 37.9 Å². The van der Waals surface area contributed by atoms with Crippen LogP contribution in [-0.2, 0) is 14.8 Å². The number of carbonyl (C=O) groups is 1. The number of hydrogen-bond acceptors (Lipinski definition) is 4. The minimum atomic E-state index is -3.56. The van der Waals surface area contributed by atoms with E-state index in [4.69, 9.17) is 0 Å². The molecule has 0 unspecified atom stereocenters. The van der Waals surface area contributed by atoms with E-state index in [1.54, 1.807) is 36.4 Å². The molecule has 0 bridgehead atoms. The van der Waals surface area contributed by atoms with Gasteiger partial charge in [0.25, 0.3) is 0 Å². The van der Waals surface area contributed by atoms with Crippen molar-refractivity contribution >= 4 is 38.1 Å². The van der Waals surface area contributed by atoms with Crippen molar-refractivity contribution in [1.29, 1.82) is 0 Å². The maximum Gasteiger partial charge on any atom is 0.243 e. The molecule has 2 aromatic carbocycles. The average Bonchev–Trinajstić information content (AvgIpc) is 2.70. The number of carbonyl (C=O) groups excluding carboxylic acids is 1. The molecule has 0 atom stereocenters. The predicted molar refractivity (Wildman–Crippen MR) is 108 cm³/mol. The van der Waals surface area contributed by atoms with Crippen molar-refractivity contribution in [3.05, 3.63) is 64.4 Å². The molecule has 2 aromatic rings. The Labute approximate surface area is 171 Å². The molecule has 0 spiro atoms. The zero-order valence-electron chi connectivity index (χ0n) is 14.9. The first-order valence-electron chi connectivity index (χ1n) is 8.70. The number of sulfonamides is 1. The van der Waals surface area contributed by atoms with Crippen LogP contribution in [0.4, 0.5) is 4.39 Å². The number of amides is 1. The molecule has 148 valence electrons. The Kier molecular flexibility index (Phi) is 6.58. The fourth-order valence-corrected chi connectivity index (χ4v) is 4.66. The highest BCUT2D eigenvalue weighted by molar-refractivity contribution is 9.10. The van der Waals surface area contributed by atoms with Gasteiger partial charge in [-0.25, -0.2) is 18.2 Å². The molecule has 1 heterocycles. The Hall–Kier alpha value is -2.10. The van der Waals surface area contributed by atoms with Gasteiger partial charge in [-0.3, -0.25) is 4.79 Å². The summed E-state index contributed by atoms with van der Waals surface area (Å²) in [6.45, 7) is 0.552. The van der Waals surface area contributed by atoms with Crippen LogP contribution in [0.1, 0.15) is 18.4 Å². The van der Waals surface area contributed by atoms with Crippen LogP contribution >= 0.6 is 15.9 Å². The van der Waals surface area contributed by atoms with Gasteiger partial charge in [0.15, 0.2) is 0 Å². The third kappa shape index (κ3) is 5.03. The van der Waals surface area contributed by atoms with Crippen LogP contribution in [0.25, 0.3) is 0 Å². The van der Waals surface area contributed by atoms with E-state index in [0.29, 0.717) is 18.4 Å². The third-order valence-electron chi connectivity index (χ3n) is 4.53. The van der Waals surface area contributed by atoms with Crippen molar-refractivity contribution < 1.29 is 17.6 Å². The molecule has 1 aliphatic heterocycles. The molecule has 0 saturated carbocycles. The lowest BCUT2D eigenvalue weighted by Gasteiger charge is -2.30. The summed E-state index contributed by atoms with van der Waals surface area (Å²) < 4.78 is 40.4. The van der Waals surface area contributed by atoms with Crippen molar-refractivity contribution in [2.24, 2.45) is 11.0 Å². The molecule has 1 aliphatic rings. The number of nitrogens with one attached hydrogen (secondary N) is 1. The summed E-state index contributed by atoms with van der Waals surface area (Å²) in [7, 11) is -3.56. The molecule has 0 radical (unpaired) electrons. The van der Waals surface area contributed by atoms with Crippen molar-refractivity contribution in [3.8, 4) is 0 Å². The van der Waals surface area contributed by atoms with Gasteiger partial charge in [0.2, 0.25) is 15.9 Å². The standard InChI is InChI=1S/C19H19BrFN3O3S/c20-16-3-7-18(8-4-16)28(26,27)24-11-9-15(10-12-24)19(25)23-22-13-14-1-5-17(21)6-2-14/h1-8,13,15H,9-12H2,(H,23,25)/b22-13-. The summed E-state index contributed by atoms with van der Waals surface area (Å²) in [4.78, 5) is 12.5. The summed E-state index contributed by atoms with van der Waals surface area (Å²) in [5.41, 5.74) is 3.13. The van der Waals surface area contributed by atoms with Gasteiger partial charge in [-0.05, 0) is 54.8 Å². The Morgan fingerprint density at radius 2 is 1.71 bits per heavy atom. The Morgan fingerprint density at radius 3 is 2.32 bits per heavy atom. The number of hydrogen-bond donors (Lipinski definition) is 1. The Balaban J connectivity index is 1.53. The van der Waals surface area contributed by atoms with Crippen LogP contribution in [0, 0.1) is 11.7 Å². The van der Waals surface area contributed by atoms with E-state index in [0.717, 1.165) is 4.47 Å². The molecule has 0 aromatic heterocycles. The fraction of sp³-hybridized carbons (Fsp3) is 0.263. The largest absolute Gasteiger partial charge is 0.273 e. The maximum atomic E-state index is 12.9. The van der Waals surface area contributed by atoms with Gasteiger partial charge < -0.3 is 0 Å². The van der Waals surface area contributed by atoms with Gasteiger partial charge in [0, 0.05) is 23.5 Å². The molecule has 28 heavy (non-hydrogen) atoms. The van der Waals surface area contributed by atoms with Gasteiger partial charge in [-0.2, -0.15) is 9.41 Å². The average molecular weight is 468 g/mol. The highest BCUT2D eigenvalue weighted by Gasteiger charge is 2.32. The van der Waals surface area contributed by atoms with Gasteiger partial charge in [0.1, 0.15) is 5.82 Å². The van der Waals surface area contributed by atoms with Crippen LogP contribution in [0.15, 0.2) is 63.0 Å². The van der Waals surface area contributed by atoms with Crippen molar-refractivity contribution in [2.45, 2.75) is 17.7 Å². The van der Waals surface area contributed by atoms with Gasteiger partial charge in [-0.15, -0.1) is 0 Å². The first kappa shape index (κ1) is 20.6. The zero-order valence-corrected chi connectivity index (χ0v) is 17.3. The predicted octanol–water partition coefficient (Wildman–Crippen LogP) is 3.14. The van der Waals surface area contributed by atoms with Gasteiger partial charge in [-0.1, -0.05) is 28.1 Å². The van der Waals surface area contributed by atoms with E-state index < -0.39 is 10.0 Å². The van der Waals surface area contributed by atoms with E-state index in [1.165, 1.54) is 22.7 Å². The van der Waals surface area contributed by atoms with Crippen LogP contribution in [0.5, 0.6) is 0 Å². The first-order chi connectivity index (χ1) is 13.4. The molecule has 1 fully saturated rings. The van der Waals surface area contributed by atoms with E-state index in [1.807, 2.05) is 0 Å². The minimum Gasteiger partial charge on any atom is -0.273 e. The van der Waals surface area contributed by atoms with Crippen molar-refractivity contribution in [2.75, 3.05) is 13.1 Å². The molecular formula is C19H19BrFN3O3S. The third-order valence-corrected chi connectivity index (χ3v) is 6.98. The molecule has 1 saturated heterocycles. The molecule has 9 heteroatoms. The number of halogens is 2. The SMILES string of the molecule is O=C(N/N=C\c1ccc(F)cc1)C1CCN(S(=O)(=O)c2ccc(Br)cc2)CC1. The molecule has 3 rings (SSSR count). The van der Waals surface area contributed by atoms with Gasteiger partial charge >= 0.3 is 0 Å². The highest BCUT2D eigenvalue weighted by Crippen LogP contribution is 2.25. The number of nitrogens with zero attached hydrogens (tertiary/aromatic N) is 2. The summed E-state index contributed by atoms with van der Waals surface area (Å²) in [6.07, 6.45) is 2.28. The van der Waals surface area contributed by atoms with Crippen LogP contribution in [0.2, 0.25) is 0 Å². The second-order valence-corrected chi connectivity index (χ2v) is 9.27. The number of hydrazone groups is 1. The molecule has 6 nitrogen and oxygen atoms in total. The Morgan fingerprint density at radius 1 is 1.11 bits per heavy atom. The van der Waals surface area contributed by atoms with E-state index >= 15 is 0 Å². The van der Waals surface area contributed by atoms with Crippen LogP contribution < -0.4 is 5.43 Å². The molecule has 1 amide bonds. The first-order valence-corrected chi connectivity index (χ1v) is 10.9. The minimum absolute atomic E-state index is 0.238. The molecule has 0 aliphatic carbocycles. The molecule has 1 N–H and O–H groups in total. The molecular weight excluding hydrogens is 449 g/mol. The van der Waals surface area contributed by atoms with Crippen molar-refractivity contribution in [3.63, 3.8) is 0 Å². The van der Waals surface area contributed by atoms with Gasteiger partial charge in [0.05, 0.1) is 11.1 Å². The quantitative estimate of drug-likeness (QED) is 0.541. The lowest BCUT2D eigenvalue weighted by Crippen LogP contribution is -2.42. The maximum absolute atomic E-state index is 12.9. The zero-order chi connectivity index (χ0) is 20.1. The summed E-state index contributed by atoms with van der Waals surface area (Å²) in [5.74, 6) is -0.896. The highest BCUT2D eigenvalue weighted by atomic mass is 79.9. The fourth-order valence-electron chi connectivity index (χ4n) is 2.92. The number of rotatable bonds is 5. The summed E-state index contributed by atoms with van der Waals surface area (Å²) in [6, 6.07) is 12.2. The number of piperidine rings is 1. The Bertz CT molecular complexity index is 955. The van der Waals surface area contributed by atoms with Crippen LogP contribution in [0.3, 0.4) is 0 Å². The van der Waals surface area contributed by atoms with E-state index in [9.17, 15) is 17.6 Å². The second kappa shape index (κ2) is 8.93. The topological polar surface area (TPSA) is 78.8 Å². The van der Waals surface area contributed by atoms with E-state index in [-0.39, 0.29) is 35.6 Å². The summed E-state index contributed by atoms with van der Waals surface area (Å²) in [5, 5.41) is 3.89. The summed E-state index contributed by atoms with van der Waals surface area (Å²) >= 11 is 3.29. The normalized spacial score (nSPS) is 16.4.